The van der Waals surface area contributed by atoms with E-state index in [0.29, 0.717) is 24.5 Å². The normalized spacial score (nSPS) is 13.3. The number of phenols is 1. The van der Waals surface area contributed by atoms with Crippen LogP contribution in [0.5, 0.6) is 11.5 Å². The van der Waals surface area contributed by atoms with Gasteiger partial charge in [-0.05, 0) is 68.4 Å². The summed E-state index contributed by atoms with van der Waals surface area (Å²) in [5, 5.41) is 11.5. The van der Waals surface area contributed by atoms with Gasteiger partial charge in [-0.15, -0.1) is 0 Å². The van der Waals surface area contributed by atoms with Gasteiger partial charge in [0.25, 0.3) is 0 Å². The molecule has 0 heterocycles. The Kier molecular flexibility index (Phi) is 20.0. The van der Waals surface area contributed by atoms with E-state index in [2.05, 4.69) is 114 Å². The van der Waals surface area contributed by atoms with Crippen LogP contribution in [0.15, 0.2) is 24.3 Å². The molecule has 0 saturated carbocycles. The number of esters is 1. The van der Waals surface area contributed by atoms with Crippen LogP contribution in [-0.2, 0) is 37.8 Å². The van der Waals surface area contributed by atoms with E-state index in [1.807, 2.05) is 0 Å². The predicted molar refractivity (Wildman–Crippen MR) is 237 cm³/mol. The van der Waals surface area contributed by atoms with E-state index in [-0.39, 0.29) is 33.5 Å². The van der Waals surface area contributed by atoms with Crippen LogP contribution in [0.25, 0.3) is 0 Å². The number of unbranched alkanes of at least 4 members (excludes halogenated alkanes) is 15. The quantitative estimate of drug-likeness (QED) is 0.0696. The maximum atomic E-state index is 14.3. The molecule has 0 fully saturated rings. The van der Waals surface area contributed by atoms with Gasteiger partial charge >= 0.3 is 5.97 Å². The Morgan fingerprint density at radius 1 is 0.564 bits per heavy atom. The van der Waals surface area contributed by atoms with Crippen molar-refractivity contribution in [2.45, 2.75) is 240 Å². The summed E-state index contributed by atoms with van der Waals surface area (Å²) in [6.07, 6.45) is 22.6. The van der Waals surface area contributed by atoms with Gasteiger partial charge in [-0.2, -0.15) is 0 Å². The highest BCUT2D eigenvalue weighted by atomic mass is 16.5. The van der Waals surface area contributed by atoms with Gasteiger partial charge < -0.3 is 14.6 Å². The Morgan fingerprint density at radius 2 is 0.927 bits per heavy atom. The number of methoxy groups -OCH3 is 1. The summed E-state index contributed by atoms with van der Waals surface area (Å²) in [6, 6.07) is 8.66. The lowest BCUT2D eigenvalue weighted by Crippen LogP contribution is -2.24. The minimum atomic E-state index is -0.243. The van der Waals surface area contributed by atoms with Crippen molar-refractivity contribution >= 4 is 5.97 Å². The van der Waals surface area contributed by atoms with Gasteiger partial charge in [-0.25, -0.2) is 0 Å². The number of aromatic hydroxyl groups is 1. The molecule has 1 atom stereocenters. The van der Waals surface area contributed by atoms with Crippen LogP contribution in [0, 0.1) is 0 Å². The molecule has 1 unspecified atom stereocenters. The summed E-state index contributed by atoms with van der Waals surface area (Å²) >= 11 is 0. The van der Waals surface area contributed by atoms with E-state index in [0.717, 1.165) is 46.2 Å². The molecule has 55 heavy (non-hydrogen) atoms. The van der Waals surface area contributed by atoms with Gasteiger partial charge in [-0.3, -0.25) is 4.79 Å². The second-order valence-corrected chi connectivity index (χ2v) is 20.9. The number of phenolic OH excluding ortho intramolecular Hbond substituents is 1. The van der Waals surface area contributed by atoms with Crippen molar-refractivity contribution in [3.63, 3.8) is 0 Å². The second kappa shape index (κ2) is 22.6. The molecule has 4 nitrogen and oxygen atoms in total. The van der Waals surface area contributed by atoms with Crippen LogP contribution in [-0.4, -0.2) is 18.2 Å². The number of hydrogen-bond donors (Lipinski definition) is 1. The number of carbonyl (C=O) groups is 1. The lowest BCUT2D eigenvalue weighted by molar-refractivity contribution is -0.135. The van der Waals surface area contributed by atoms with Crippen molar-refractivity contribution in [1.29, 1.82) is 0 Å². The molecular formula is C51H86O4. The summed E-state index contributed by atoms with van der Waals surface area (Å²) in [5.41, 5.74) is 5.23. The SMILES string of the molecule is CCCCCCCCCCCCCCCCCCC(CC(=O)Oc1c(C(C)(C)C)cc(COC)cc1C(C)(C)C)c1cc(C(C)(C)C)c(O)c(C(C)(C)C)c1. The Bertz CT molecular complexity index is 1350. The fourth-order valence-corrected chi connectivity index (χ4v) is 7.88. The zero-order valence-electron chi connectivity index (χ0n) is 38.5. The van der Waals surface area contributed by atoms with E-state index >= 15 is 0 Å². The maximum Gasteiger partial charge on any atom is 0.311 e. The van der Waals surface area contributed by atoms with Gasteiger partial charge in [0.05, 0.1) is 13.0 Å². The first-order chi connectivity index (χ1) is 25.6. The number of ether oxygens (including phenoxy) is 2. The third kappa shape index (κ3) is 17.0. The van der Waals surface area contributed by atoms with Crippen molar-refractivity contribution in [3.05, 3.63) is 57.6 Å². The molecule has 314 valence electrons. The molecule has 0 saturated heterocycles. The summed E-state index contributed by atoms with van der Waals surface area (Å²) in [6.45, 7) is 28.8. The molecular weight excluding hydrogens is 677 g/mol. The second-order valence-electron chi connectivity index (χ2n) is 20.9. The minimum Gasteiger partial charge on any atom is -0.507 e. The van der Waals surface area contributed by atoms with Gasteiger partial charge in [0, 0.05) is 18.2 Å². The molecule has 2 aromatic rings. The first-order valence-corrected chi connectivity index (χ1v) is 22.4. The fraction of sp³-hybridized carbons (Fsp3) is 0.745. The molecule has 2 rings (SSSR count). The third-order valence-electron chi connectivity index (χ3n) is 11.3. The largest absolute Gasteiger partial charge is 0.507 e. The maximum absolute atomic E-state index is 14.3. The molecule has 0 aliphatic heterocycles. The monoisotopic (exact) mass is 763 g/mol. The third-order valence-corrected chi connectivity index (χ3v) is 11.3. The van der Waals surface area contributed by atoms with Crippen LogP contribution >= 0.6 is 0 Å². The average Bonchev–Trinajstić information content (AvgIpc) is 3.06. The van der Waals surface area contributed by atoms with Crippen LogP contribution < -0.4 is 4.74 Å². The Labute approximate surface area is 340 Å². The molecule has 4 heteroatoms. The van der Waals surface area contributed by atoms with E-state index in [9.17, 15) is 9.90 Å². The average molecular weight is 763 g/mol. The van der Waals surface area contributed by atoms with Crippen LogP contribution in [0.2, 0.25) is 0 Å². The molecule has 0 radical (unpaired) electrons. The highest BCUT2D eigenvalue weighted by molar-refractivity contribution is 5.75. The number of benzene rings is 2. The zero-order chi connectivity index (χ0) is 41.5. The fourth-order valence-electron chi connectivity index (χ4n) is 7.88. The van der Waals surface area contributed by atoms with Crippen molar-refractivity contribution in [1.82, 2.24) is 0 Å². The standard InChI is InChI=1S/C51H86O4/c1-15-16-17-18-19-20-21-22-23-24-25-26-27-28-29-30-31-39(40-34-41(48(2,3)4)46(53)42(35-40)49(5,6)7)36-45(52)55-47-43(50(8,9)10)32-38(37-54-14)33-44(47)51(11,12)13/h32-35,39,53H,15-31,36-37H2,1-14H3. The van der Waals surface area contributed by atoms with E-state index in [1.165, 1.54) is 96.3 Å². The number of carbonyl (C=O) groups excluding carboxylic acids is 1. The van der Waals surface area contributed by atoms with Crippen molar-refractivity contribution < 1.29 is 19.4 Å². The Balaban J connectivity index is 2.24. The van der Waals surface area contributed by atoms with Crippen LogP contribution in [0.3, 0.4) is 0 Å². The first-order valence-electron chi connectivity index (χ1n) is 22.4. The molecule has 0 aliphatic rings. The molecule has 0 bridgehead atoms. The first kappa shape index (κ1) is 48.8. The molecule has 0 spiro atoms. The van der Waals surface area contributed by atoms with Gasteiger partial charge in [0.2, 0.25) is 0 Å². The topological polar surface area (TPSA) is 55.8 Å². The van der Waals surface area contributed by atoms with Crippen molar-refractivity contribution in [2.75, 3.05) is 7.11 Å². The van der Waals surface area contributed by atoms with Crippen LogP contribution in [0.1, 0.15) is 245 Å². The molecule has 2 aromatic carbocycles. The van der Waals surface area contributed by atoms with Crippen molar-refractivity contribution in [2.24, 2.45) is 0 Å². The molecule has 0 aliphatic carbocycles. The van der Waals surface area contributed by atoms with Crippen molar-refractivity contribution in [3.8, 4) is 11.5 Å². The zero-order valence-corrected chi connectivity index (χ0v) is 38.5. The summed E-state index contributed by atoms with van der Waals surface area (Å²) in [7, 11) is 1.72. The Morgan fingerprint density at radius 3 is 1.27 bits per heavy atom. The molecule has 1 N–H and O–H groups in total. The van der Waals surface area contributed by atoms with Crippen LogP contribution in [0.4, 0.5) is 0 Å². The highest BCUT2D eigenvalue weighted by Gasteiger charge is 2.32. The van der Waals surface area contributed by atoms with E-state index < -0.39 is 0 Å². The Hall–Kier alpha value is -2.33. The number of hydrogen-bond acceptors (Lipinski definition) is 4. The smallest absolute Gasteiger partial charge is 0.311 e. The molecule has 0 aromatic heterocycles. The highest BCUT2D eigenvalue weighted by Crippen LogP contribution is 2.44. The van der Waals surface area contributed by atoms with E-state index in [4.69, 9.17) is 9.47 Å². The predicted octanol–water partition coefficient (Wildman–Crippen LogP) is 15.5. The van der Waals surface area contributed by atoms with E-state index in [1.54, 1.807) is 7.11 Å². The summed E-state index contributed by atoms with van der Waals surface area (Å²) < 4.78 is 12.1. The summed E-state index contributed by atoms with van der Waals surface area (Å²) in [4.78, 5) is 14.3. The number of rotatable bonds is 23. The van der Waals surface area contributed by atoms with Gasteiger partial charge in [-0.1, -0.05) is 205 Å². The summed E-state index contributed by atoms with van der Waals surface area (Å²) in [5.74, 6) is 0.876. The molecule has 0 amide bonds. The lowest BCUT2D eigenvalue weighted by Gasteiger charge is -2.31. The lowest BCUT2D eigenvalue weighted by atomic mass is 9.76. The van der Waals surface area contributed by atoms with Gasteiger partial charge in [0.15, 0.2) is 0 Å². The minimum absolute atomic E-state index is 0.00844. The van der Waals surface area contributed by atoms with Gasteiger partial charge in [0.1, 0.15) is 11.5 Å².